The molecule has 4 heteroatoms. The number of carbonyl (C=O) groups is 1. The van der Waals surface area contributed by atoms with Crippen molar-refractivity contribution >= 4 is 17.2 Å². The molecule has 1 fully saturated rings. The van der Waals surface area contributed by atoms with Crippen molar-refractivity contribution < 1.29 is 9.53 Å². The lowest BCUT2D eigenvalue weighted by molar-refractivity contribution is -0.0763. The van der Waals surface area contributed by atoms with Gasteiger partial charge in [0, 0.05) is 18.0 Å². The number of ether oxygens (including phenoxy) is 1. The Hall–Kier alpha value is -0.870. The number of nitrogens with zero attached hydrogens (tertiary/aromatic N) is 1. The molecule has 1 aromatic heterocycles. The van der Waals surface area contributed by atoms with Gasteiger partial charge in [-0.15, -0.1) is 11.3 Å². The summed E-state index contributed by atoms with van der Waals surface area (Å²) in [6.45, 7) is 8.05. The van der Waals surface area contributed by atoms with Gasteiger partial charge < -0.3 is 9.64 Å². The van der Waals surface area contributed by atoms with Crippen LogP contribution in [0.5, 0.6) is 0 Å². The molecule has 1 amide bonds. The van der Waals surface area contributed by atoms with Crippen LogP contribution in [0.4, 0.5) is 0 Å². The Kier molecular flexibility index (Phi) is 3.04. The first-order valence-corrected chi connectivity index (χ1v) is 6.29. The molecule has 2 heterocycles. The third-order valence-electron chi connectivity index (χ3n) is 2.66. The van der Waals surface area contributed by atoms with Gasteiger partial charge in [-0.05, 0) is 32.9 Å². The summed E-state index contributed by atoms with van der Waals surface area (Å²) in [6, 6.07) is 3.90. The summed E-state index contributed by atoms with van der Waals surface area (Å²) in [6.07, 6.45) is 0. The van der Waals surface area contributed by atoms with Crippen molar-refractivity contribution in [2.75, 3.05) is 19.7 Å². The molecule has 0 bridgehead atoms. The molecule has 0 aromatic carbocycles. The number of thiophene rings is 1. The average molecular weight is 239 g/mol. The number of aryl methyl sites for hydroxylation is 1. The third kappa shape index (κ3) is 2.44. The molecule has 0 spiro atoms. The van der Waals surface area contributed by atoms with E-state index in [2.05, 4.69) is 0 Å². The van der Waals surface area contributed by atoms with Gasteiger partial charge in [0.2, 0.25) is 0 Å². The van der Waals surface area contributed by atoms with Crippen LogP contribution in [0.1, 0.15) is 28.4 Å². The maximum Gasteiger partial charge on any atom is 0.264 e. The van der Waals surface area contributed by atoms with E-state index in [0.29, 0.717) is 19.7 Å². The van der Waals surface area contributed by atoms with E-state index in [9.17, 15) is 4.79 Å². The van der Waals surface area contributed by atoms with Gasteiger partial charge in [-0.25, -0.2) is 0 Å². The van der Waals surface area contributed by atoms with Gasteiger partial charge in [0.15, 0.2) is 0 Å². The third-order valence-corrected chi connectivity index (χ3v) is 3.65. The van der Waals surface area contributed by atoms with Crippen molar-refractivity contribution in [3.63, 3.8) is 0 Å². The van der Waals surface area contributed by atoms with Crippen molar-refractivity contribution in [1.82, 2.24) is 4.90 Å². The van der Waals surface area contributed by atoms with Gasteiger partial charge in [0.25, 0.3) is 5.91 Å². The Morgan fingerprint density at radius 2 is 2.25 bits per heavy atom. The summed E-state index contributed by atoms with van der Waals surface area (Å²) >= 11 is 1.56. The van der Waals surface area contributed by atoms with Crippen molar-refractivity contribution in [2.45, 2.75) is 26.4 Å². The van der Waals surface area contributed by atoms with Gasteiger partial charge in [-0.1, -0.05) is 0 Å². The highest BCUT2D eigenvalue weighted by Crippen LogP contribution is 2.21. The lowest BCUT2D eigenvalue weighted by Crippen LogP contribution is -2.50. The largest absolute Gasteiger partial charge is 0.372 e. The molecule has 3 nitrogen and oxygen atoms in total. The topological polar surface area (TPSA) is 29.5 Å². The molecule has 16 heavy (non-hydrogen) atoms. The van der Waals surface area contributed by atoms with E-state index in [1.165, 1.54) is 4.88 Å². The minimum atomic E-state index is -0.222. The van der Waals surface area contributed by atoms with Crippen LogP contribution in [-0.4, -0.2) is 36.1 Å². The monoisotopic (exact) mass is 239 g/mol. The zero-order chi connectivity index (χ0) is 11.8. The Labute approximate surface area is 100 Å². The van der Waals surface area contributed by atoms with E-state index in [1.54, 1.807) is 11.3 Å². The molecule has 1 aromatic rings. The first-order valence-electron chi connectivity index (χ1n) is 5.48. The predicted molar refractivity (Wildman–Crippen MR) is 65.0 cm³/mol. The molecule has 0 saturated carbocycles. The number of amides is 1. The smallest absolute Gasteiger partial charge is 0.264 e. The molecule has 1 aliphatic rings. The molecular weight excluding hydrogens is 222 g/mol. The van der Waals surface area contributed by atoms with E-state index < -0.39 is 0 Å². The van der Waals surface area contributed by atoms with Gasteiger partial charge in [0.1, 0.15) is 0 Å². The Balaban J connectivity index is 2.10. The molecular formula is C12H17NO2S. The van der Waals surface area contributed by atoms with E-state index in [0.717, 1.165) is 4.88 Å². The summed E-state index contributed by atoms with van der Waals surface area (Å²) in [5.41, 5.74) is -0.222. The van der Waals surface area contributed by atoms with Crippen LogP contribution in [0.25, 0.3) is 0 Å². The lowest BCUT2D eigenvalue weighted by Gasteiger charge is -2.37. The van der Waals surface area contributed by atoms with Gasteiger partial charge in [0.05, 0.1) is 17.1 Å². The second kappa shape index (κ2) is 4.18. The highest BCUT2D eigenvalue weighted by Gasteiger charge is 2.30. The quantitative estimate of drug-likeness (QED) is 0.752. The highest BCUT2D eigenvalue weighted by molar-refractivity contribution is 7.13. The summed E-state index contributed by atoms with van der Waals surface area (Å²) in [5.74, 6) is 0.134. The molecule has 2 rings (SSSR count). The first-order chi connectivity index (χ1) is 7.48. The normalized spacial score (nSPS) is 19.8. The van der Waals surface area contributed by atoms with Crippen LogP contribution in [0.3, 0.4) is 0 Å². The Bertz CT molecular complexity index is 397. The first kappa shape index (κ1) is 11.6. The number of morpholine rings is 1. The van der Waals surface area contributed by atoms with Crippen molar-refractivity contribution in [3.05, 3.63) is 21.9 Å². The number of rotatable bonds is 1. The highest BCUT2D eigenvalue weighted by atomic mass is 32.1. The maximum atomic E-state index is 12.2. The minimum Gasteiger partial charge on any atom is -0.372 e. The van der Waals surface area contributed by atoms with Gasteiger partial charge >= 0.3 is 0 Å². The number of carbonyl (C=O) groups excluding carboxylic acids is 1. The number of hydrogen-bond acceptors (Lipinski definition) is 3. The zero-order valence-electron chi connectivity index (χ0n) is 9.95. The fraction of sp³-hybridized carbons (Fsp3) is 0.583. The second-order valence-electron chi connectivity index (χ2n) is 4.75. The summed E-state index contributed by atoms with van der Waals surface area (Å²) in [5, 5.41) is 0. The molecule has 0 radical (unpaired) electrons. The maximum absolute atomic E-state index is 12.2. The van der Waals surface area contributed by atoms with Crippen LogP contribution in [0.2, 0.25) is 0 Å². The van der Waals surface area contributed by atoms with Crippen molar-refractivity contribution in [2.24, 2.45) is 0 Å². The van der Waals surface area contributed by atoms with Gasteiger partial charge in [-0.2, -0.15) is 0 Å². The van der Waals surface area contributed by atoms with Crippen LogP contribution >= 0.6 is 11.3 Å². The molecule has 88 valence electrons. The van der Waals surface area contributed by atoms with Crippen LogP contribution < -0.4 is 0 Å². The second-order valence-corrected chi connectivity index (χ2v) is 6.03. The minimum absolute atomic E-state index is 0.134. The van der Waals surface area contributed by atoms with E-state index in [1.807, 2.05) is 37.8 Å². The molecule has 1 saturated heterocycles. The molecule has 0 aliphatic carbocycles. The Morgan fingerprint density at radius 3 is 2.81 bits per heavy atom. The van der Waals surface area contributed by atoms with Crippen LogP contribution in [0.15, 0.2) is 12.1 Å². The fourth-order valence-electron chi connectivity index (χ4n) is 1.90. The predicted octanol–water partition coefficient (Wildman–Crippen LogP) is 2.31. The van der Waals surface area contributed by atoms with E-state index in [-0.39, 0.29) is 11.5 Å². The lowest BCUT2D eigenvalue weighted by atomic mass is 10.1. The summed E-state index contributed by atoms with van der Waals surface area (Å²) < 4.78 is 5.60. The van der Waals surface area contributed by atoms with Crippen molar-refractivity contribution in [1.29, 1.82) is 0 Å². The van der Waals surface area contributed by atoms with E-state index >= 15 is 0 Å². The molecule has 0 N–H and O–H groups in total. The summed E-state index contributed by atoms with van der Waals surface area (Å²) in [4.78, 5) is 16.1. The molecule has 0 unspecified atom stereocenters. The van der Waals surface area contributed by atoms with Crippen molar-refractivity contribution in [3.8, 4) is 0 Å². The molecule has 0 atom stereocenters. The van der Waals surface area contributed by atoms with Crippen LogP contribution in [0, 0.1) is 6.92 Å². The standard InChI is InChI=1S/C12H17NO2S/c1-9-4-5-10(16-9)11(14)13-6-7-15-12(2,3)8-13/h4-5H,6-8H2,1-3H3. The SMILES string of the molecule is Cc1ccc(C(=O)N2CCOC(C)(C)C2)s1. The number of hydrogen-bond donors (Lipinski definition) is 0. The zero-order valence-corrected chi connectivity index (χ0v) is 10.8. The Morgan fingerprint density at radius 1 is 1.50 bits per heavy atom. The fourth-order valence-corrected chi connectivity index (χ4v) is 2.73. The molecule has 1 aliphatic heterocycles. The average Bonchev–Trinajstić information content (AvgIpc) is 2.62. The van der Waals surface area contributed by atoms with Crippen LogP contribution in [-0.2, 0) is 4.74 Å². The summed E-state index contributed by atoms with van der Waals surface area (Å²) in [7, 11) is 0. The van der Waals surface area contributed by atoms with Gasteiger partial charge in [-0.3, -0.25) is 4.79 Å². The van der Waals surface area contributed by atoms with E-state index in [4.69, 9.17) is 4.74 Å².